The Hall–Kier alpha value is -1.87. The van der Waals surface area contributed by atoms with Crippen molar-refractivity contribution >= 4 is 22.6 Å². The van der Waals surface area contributed by atoms with E-state index in [1.807, 2.05) is 22.6 Å². The summed E-state index contributed by atoms with van der Waals surface area (Å²) in [6.45, 7) is 0. The Balaban J connectivity index is 2.06. The third-order valence-corrected chi connectivity index (χ3v) is 4.93. The molecule has 0 aliphatic carbocycles. The second-order valence-electron chi connectivity index (χ2n) is 5.06. The molecule has 1 heterocycles. The van der Waals surface area contributed by atoms with Crippen molar-refractivity contribution in [2.24, 2.45) is 0 Å². The number of halogens is 1. The molecule has 1 aliphatic rings. The first kappa shape index (κ1) is 15.0. The Morgan fingerprint density at radius 3 is 2.32 bits per heavy atom. The van der Waals surface area contributed by atoms with E-state index in [4.69, 9.17) is 4.74 Å². The number of fused-ring (bicyclic) bond motifs is 1. The number of aromatic hydroxyl groups is 4. The largest absolute Gasteiger partial charge is 0.508 e. The van der Waals surface area contributed by atoms with Crippen LogP contribution in [0.15, 0.2) is 30.3 Å². The van der Waals surface area contributed by atoms with Crippen molar-refractivity contribution in [2.45, 2.75) is 16.1 Å². The zero-order chi connectivity index (χ0) is 16.0. The van der Waals surface area contributed by atoms with Crippen molar-refractivity contribution in [1.82, 2.24) is 0 Å². The number of aliphatic hydroxyl groups is 1. The maximum absolute atomic E-state index is 10.4. The number of alkyl halides is 1. The fourth-order valence-corrected chi connectivity index (χ4v) is 3.49. The standard InChI is InChI=1S/C15H13IO6/c16-13-12-10(20)4-7(17)5-11(12)22-15(14(13)21)6-1-2-8(18)9(19)3-6/h1-5,13-15,17-21H. The lowest BCUT2D eigenvalue weighted by Gasteiger charge is -2.35. The van der Waals surface area contributed by atoms with Crippen molar-refractivity contribution in [3.05, 3.63) is 41.5 Å². The molecule has 116 valence electrons. The summed E-state index contributed by atoms with van der Waals surface area (Å²) in [6.07, 6.45) is -1.78. The number of benzene rings is 2. The number of aliphatic hydroxyl groups excluding tert-OH is 1. The predicted octanol–water partition coefficient (Wildman–Crippen LogP) is 2.48. The van der Waals surface area contributed by atoms with Crippen molar-refractivity contribution in [2.75, 3.05) is 0 Å². The average Bonchev–Trinajstić information content (AvgIpc) is 2.45. The van der Waals surface area contributed by atoms with Crippen molar-refractivity contribution in [3.63, 3.8) is 0 Å². The molecule has 0 radical (unpaired) electrons. The van der Waals surface area contributed by atoms with Gasteiger partial charge in [-0.25, -0.2) is 0 Å². The lowest BCUT2D eigenvalue weighted by Crippen LogP contribution is -2.32. The molecule has 0 bridgehead atoms. The van der Waals surface area contributed by atoms with E-state index in [-0.39, 0.29) is 28.7 Å². The minimum atomic E-state index is -0.979. The molecule has 0 fully saturated rings. The summed E-state index contributed by atoms with van der Waals surface area (Å²) in [5.41, 5.74) is 0.878. The molecule has 2 aromatic carbocycles. The molecule has 0 amide bonds. The fourth-order valence-electron chi connectivity index (χ4n) is 2.49. The van der Waals surface area contributed by atoms with Crippen LogP contribution >= 0.6 is 22.6 Å². The van der Waals surface area contributed by atoms with Gasteiger partial charge >= 0.3 is 0 Å². The molecule has 3 atom stereocenters. The van der Waals surface area contributed by atoms with Gasteiger partial charge in [0, 0.05) is 12.1 Å². The number of phenolic OH excluding ortho intramolecular Hbond substituents is 4. The van der Waals surface area contributed by atoms with Gasteiger partial charge in [-0.15, -0.1) is 0 Å². The monoisotopic (exact) mass is 416 g/mol. The lowest BCUT2D eigenvalue weighted by molar-refractivity contribution is 0.0207. The lowest BCUT2D eigenvalue weighted by atomic mass is 9.94. The molecule has 7 heteroatoms. The van der Waals surface area contributed by atoms with E-state index in [0.29, 0.717) is 11.1 Å². The third kappa shape index (κ3) is 2.40. The number of hydrogen-bond acceptors (Lipinski definition) is 6. The van der Waals surface area contributed by atoms with Gasteiger partial charge in [-0.1, -0.05) is 28.7 Å². The highest BCUT2D eigenvalue weighted by Crippen LogP contribution is 2.50. The van der Waals surface area contributed by atoms with Gasteiger partial charge in [0.2, 0.25) is 0 Å². The summed E-state index contributed by atoms with van der Waals surface area (Å²) in [4.78, 5) is 0. The first-order chi connectivity index (χ1) is 10.4. The van der Waals surface area contributed by atoms with E-state index >= 15 is 0 Å². The van der Waals surface area contributed by atoms with E-state index in [2.05, 4.69) is 0 Å². The molecule has 1 aliphatic heterocycles. The number of ether oxygens (including phenoxy) is 1. The molecule has 2 aromatic rings. The second-order valence-corrected chi connectivity index (χ2v) is 6.40. The summed E-state index contributed by atoms with van der Waals surface area (Å²) in [7, 11) is 0. The molecule has 22 heavy (non-hydrogen) atoms. The Bertz CT molecular complexity index is 732. The van der Waals surface area contributed by atoms with Crippen LogP contribution in [0.2, 0.25) is 0 Å². The van der Waals surface area contributed by atoms with Crippen LogP contribution in [0.3, 0.4) is 0 Å². The number of phenols is 4. The molecule has 0 saturated heterocycles. The van der Waals surface area contributed by atoms with E-state index in [1.54, 1.807) is 0 Å². The van der Waals surface area contributed by atoms with Crippen LogP contribution in [0.5, 0.6) is 28.7 Å². The molecular weight excluding hydrogens is 403 g/mol. The van der Waals surface area contributed by atoms with E-state index < -0.39 is 16.1 Å². The summed E-state index contributed by atoms with van der Waals surface area (Å²) < 4.78 is 5.22. The highest BCUT2D eigenvalue weighted by molar-refractivity contribution is 14.1. The molecule has 3 rings (SSSR count). The Morgan fingerprint density at radius 1 is 0.909 bits per heavy atom. The molecule has 0 aromatic heterocycles. The van der Waals surface area contributed by atoms with Crippen LogP contribution in [-0.4, -0.2) is 31.6 Å². The minimum absolute atomic E-state index is 0.149. The second kappa shape index (κ2) is 5.40. The van der Waals surface area contributed by atoms with Crippen LogP contribution < -0.4 is 4.74 Å². The Labute approximate surface area is 139 Å². The zero-order valence-electron chi connectivity index (χ0n) is 11.1. The minimum Gasteiger partial charge on any atom is -0.508 e. The van der Waals surface area contributed by atoms with Crippen LogP contribution in [0, 0.1) is 0 Å². The highest BCUT2D eigenvalue weighted by atomic mass is 127. The van der Waals surface area contributed by atoms with Crippen molar-refractivity contribution in [3.8, 4) is 28.7 Å². The zero-order valence-corrected chi connectivity index (χ0v) is 13.3. The molecular formula is C15H13IO6. The van der Waals surface area contributed by atoms with Gasteiger partial charge in [0.05, 0.1) is 9.49 Å². The van der Waals surface area contributed by atoms with Crippen molar-refractivity contribution in [1.29, 1.82) is 0 Å². The van der Waals surface area contributed by atoms with Gasteiger partial charge < -0.3 is 30.3 Å². The first-order valence-corrected chi connectivity index (χ1v) is 7.69. The van der Waals surface area contributed by atoms with Crippen molar-refractivity contribution < 1.29 is 30.3 Å². The normalized spacial score (nSPS) is 23.6. The smallest absolute Gasteiger partial charge is 0.157 e. The maximum Gasteiger partial charge on any atom is 0.157 e. The number of hydrogen-bond donors (Lipinski definition) is 5. The highest BCUT2D eigenvalue weighted by Gasteiger charge is 2.39. The van der Waals surface area contributed by atoms with Gasteiger partial charge in [-0.05, 0) is 17.7 Å². The van der Waals surface area contributed by atoms with Gasteiger partial charge in [0.1, 0.15) is 23.4 Å². The number of rotatable bonds is 1. The molecule has 6 nitrogen and oxygen atoms in total. The summed E-state index contributed by atoms with van der Waals surface area (Å²) >= 11 is 1.99. The van der Waals surface area contributed by atoms with Crippen LogP contribution in [0.1, 0.15) is 21.2 Å². The topological polar surface area (TPSA) is 110 Å². The predicted molar refractivity (Wildman–Crippen MR) is 85.7 cm³/mol. The first-order valence-electron chi connectivity index (χ1n) is 6.45. The molecule has 0 spiro atoms. The fraction of sp³-hybridized carbons (Fsp3) is 0.200. The van der Waals surface area contributed by atoms with Crippen LogP contribution in [0.4, 0.5) is 0 Å². The van der Waals surface area contributed by atoms with E-state index in [9.17, 15) is 25.5 Å². The Kier molecular flexibility index (Phi) is 3.69. The van der Waals surface area contributed by atoms with E-state index in [1.165, 1.54) is 30.3 Å². The van der Waals surface area contributed by atoms with Crippen LogP contribution in [-0.2, 0) is 0 Å². The summed E-state index contributed by atoms with van der Waals surface area (Å²) in [6, 6.07) is 6.69. The molecule has 3 unspecified atom stereocenters. The van der Waals surface area contributed by atoms with Gasteiger partial charge in [-0.3, -0.25) is 0 Å². The van der Waals surface area contributed by atoms with Crippen LogP contribution in [0.25, 0.3) is 0 Å². The third-order valence-electron chi connectivity index (χ3n) is 3.57. The summed E-state index contributed by atoms with van der Waals surface area (Å²) in [5.74, 6) is -0.623. The summed E-state index contributed by atoms with van der Waals surface area (Å²) in [5, 5.41) is 48.9. The molecule has 0 saturated carbocycles. The van der Waals surface area contributed by atoms with E-state index in [0.717, 1.165) is 0 Å². The van der Waals surface area contributed by atoms with Gasteiger partial charge in [-0.2, -0.15) is 0 Å². The molecule has 5 N–H and O–H groups in total. The average molecular weight is 416 g/mol. The maximum atomic E-state index is 10.4. The SMILES string of the molecule is Oc1cc(O)c2c(c1)OC(c1ccc(O)c(O)c1)C(O)C2I. The quantitative estimate of drug-likeness (QED) is 0.278. The Morgan fingerprint density at radius 2 is 1.64 bits per heavy atom. The van der Waals surface area contributed by atoms with Gasteiger partial charge in [0.15, 0.2) is 17.6 Å². The van der Waals surface area contributed by atoms with Gasteiger partial charge in [0.25, 0.3) is 0 Å².